The van der Waals surface area contributed by atoms with Gasteiger partial charge in [0.15, 0.2) is 0 Å². The Hall–Kier alpha value is -1.74. The quantitative estimate of drug-likeness (QED) is 0.830. The highest BCUT2D eigenvalue weighted by Gasteiger charge is 2.25. The Kier molecular flexibility index (Phi) is 5.53. The van der Waals surface area contributed by atoms with E-state index >= 15 is 0 Å². The summed E-state index contributed by atoms with van der Waals surface area (Å²) in [5.74, 6) is 0. The highest BCUT2D eigenvalue weighted by atomic mass is 32.2. The molecule has 1 atom stereocenters. The lowest BCUT2D eigenvalue weighted by molar-refractivity contribution is 0.0172. The van der Waals surface area contributed by atoms with Gasteiger partial charge in [0, 0.05) is 38.9 Å². The van der Waals surface area contributed by atoms with Gasteiger partial charge < -0.3 is 4.74 Å². The fraction of sp³-hybridized carbons (Fsp3) is 0.471. The monoisotopic (exact) mass is 364 g/mol. The Morgan fingerprint density at radius 2 is 1.92 bits per heavy atom. The Labute approximate surface area is 148 Å². The first-order valence-electron chi connectivity index (χ1n) is 8.32. The number of ether oxygens (including phenoxy) is 1. The van der Waals surface area contributed by atoms with Crippen LogP contribution in [0.4, 0.5) is 0 Å². The number of nitrogens with zero attached hydrogens (tertiary/aromatic N) is 3. The van der Waals surface area contributed by atoms with Gasteiger partial charge in [0.1, 0.15) is 4.90 Å². The van der Waals surface area contributed by atoms with Crippen LogP contribution in [0, 0.1) is 6.92 Å². The molecule has 1 N–H and O–H groups in total. The molecule has 1 fully saturated rings. The normalized spacial score (nSPS) is 17.5. The second-order valence-corrected chi connectivity index (χ2v) is 8.04. The smallest absolute Gasteiger partial charge is 0.243 e. The number of hydrogen-bond acceptors (Lipinski definition) is 5. The largest absolute Gasteiger partial charge is 0.379 e. The minimum atomic E-state index is -3.58. The van der Waals surface area contributed by atoms with Gasteiger partial charge in [0.25, 0.3) is 0 Å². The molecule has 0 spiro atoms. The standard InChI is InChI=1S/C17H24N4O3S/c1-14-3-5-15(6-4-14)17(21-7-9-24-10-8-21)12-19-25(22,23)16-11-18-20(2)13-16/h3-6,11,13,17,19H,7-10,12H2,1-2H3. The van der Waals surface area contributed by atoms with Gasteiger partial charge in [-0.1, -0.05) is 29.8 Å². The maximum Gasteiger partial charge on any atom is 0.243 e. The van der Waals surface area contributed by atoms with Crippen molar-refractivity contribution >= 4 is 10.0 Å². The van der Waals surface area contributed by atoms with Crippen molar-refractivity contribution in [2.75, 3.05) is 32.8 Å². The van der Waals surface area contributed by atoms with Crippen molar-refractivity contribution in [3.8, 4) is 0 Å². The molecule has 3 rings (SSSR count). The van der Waals surface area contributed by atoms with Crippen LogP contribution in [0.15, 0.2) is 41.6 Å². The molecular formula is C17H24N4O3S. The van der Waals surface area contributed by atoms with Gasteiger partial charge in [-0.25, -0.2) is 13.1 Å². The van der Waals surface area contributed by atoms with E-state index in [0.717, 1.165) is 18.7 Å². The summed E-state index contributed by atoms with van der Waals surface area (Å²) in [5, 5.41) is 3.94. The summed E-state index contributed by atoms with van der Waals surface area (Å²) < 4.78 is 34.7. The van der Waals surface area contributed by atoms with Crippen molar-refractivity contribution in [3.63, 3.8) is 0 Å². The van der Waals surface area contributed by atoms with Crippen molar-refractivity contribution in [3.05, 3.63) is 47.8 Å². The fourth-order valence-corrected chi connectivity index (χ4v) is 3.97. The summed E-state index contributed by atoms with van der Waals surface area (Å²) in [5.41, 5.74) is 2.28. The van der Waals surface area contributed by atoms with E-state index in [1.54, 1.807) is 7.05 Å². The van der Waals surface area contributed by atoms with Gasteiger partial charge in [0.2, 0.25) is 10.0 Å². The molecule has 0 saturated carbocycles. The van der Waals surface area contributed by atoms with E-state index < -0.39 is 10.0 Å². The molecule has 2 heterocycles. The third-order valence-corrected chi connectivity index (χ3v) is 5.78. The van der Waals surface area contributed by atoms with Crippen LogP contribution >= 0.6 is 0 Å². The third-order valence-electron chi connectivity index (χ3n) is 4.41. The average molecular weight is 364 g/mol. The minimum absolute atomic E-state index is 0.0315. The van der Waals surface area contributed by atoms with E-state index in [2.05, 4.69) is 39.0 Å². The van der Waals surface area contributed by atoms with E-state index in [0.29, 0.717) is 19.8 Å². The van der Waals surface area contributed by atoms with E-state index in [1.165, 1.54) is 22.6 Å². The summed E-state index contributed by atoms with van der Waals surface area (Å²) in [6.07, 6.45) is 2.86. The lowest BCUT2D eigenvalue weighted by Crippen LogP contribution is -2.43. The van der Waals surface area contributed by atoms with Crippen molar-refractivity contribution in [2.45, 2.75) is 17.9 Å². The summed E-state index contributed by atoms with van der Waals surface area (Å²) in [7, 11) is -1.88. The number of rotatable bonds is 6. The SMILES string of the molecule is Cc1ccc(C(CNS(=O)(=O)c2cnn(C)c2)N2CCOCC2)cc1. The van der Waals surface area contributed by atoms with Crippen LogP contribution in [-0.2, 0) is 21.8 Å². The summed E-state index contributed by atoms with van der Waals surface area (Å²) in [4.78, 5) is 2.44. The molecule has 0 bridgehead atoms. The van der Waals surface area contributed by atoms with Crippen LogP contribution in [0.5, 0.6) is 0 Å². The van der Waals surface area contributed by atoms with Crippen LogP contribution in [0.3, 0.4) is 0 Å². The lowest BCUT2D eigenvalue weighted by atomic mass is 10.0. The predicted octanol–water partition coefficient (Wildman–Crippen LogP) is 1.08. The number of morpholine rings is 1. The van der Waals surface area contributed by atoms with Crippen LogP contribution < -0.4 is 4.72 Å². The highest BCUT2D eigenvalue weighted by molar-refractivity contribution is 7.89. The molecule has 1 saturated heterocycles. The van der Waals surface area contributed by atoms with Crippen molar-refractivity contribution in [1.29, 1.82) is 0 Å². The molecular weight excluding hydrogens is 340 g/mol. The molecule has 7 nitrogen and oxygen atoms in total. The Balaban J connectivity index is 1.78. The number of aromatic nitrogens is 2. The van der Waals surface area contributed by atoms with Gasteiger partial charge in [-0.15, -0.1) is 0 Å². The molecule has 1 aromatic carbocycles. The molecule has 1 unspecified atom stereocenters. The molecule has 2 aromatic rings. The zero-order chi connectivity index (χ0) is 17.9. The third kappa shape index (κ3) is 4.46. The van der Waals surface area contributed by atoms with Crippen LogP contribution in [0.2, 0.25) is 0 Å². The first-order chi connectivity index (χ1) is 12.0. The summed E-state index contributed by atoms with van der Waals surface area (Å²) in [6.45, 7) is 5.24. The molecule has 136 valence electrons. The highest BCUT2D eigenvalue weighted by Crippen LogP contribution is 2.22. The fourth-order valence-electron chi connectivity index (χ4n) is 2.95. The maximum atomic E-state index is 12.5. The molecule has 1 aliphatic rings. The van der Waals surface area contributed by atoms with Crippen LogP contribution in [-0.4, -0.2) is 55.9 Å². The van der Waals surface area contributed by atoms with Gasteiger partial charge >= 0.3 is 0 Å². The van der Waals surface area contributed by atoms with Crippen molar-refractivity contribution in [1.82, 2.24) is 19.4 Å². The van der Waals surface area contributed by atoms with Crippen LogP contribution in [0.1, 0.15) is 17.2 Å². The Morgan fingerprint density at radius 3 is 2.52 bits per heavy atom. The topological polar surface area (TPSA) is 76.5 Å². The second-order valence-electron chi connectivity index (χ2n) is 6.28. The maximum absolute atomic E-state index is 12.5. The number of sulfonamides is 1. The molecule has 0 radical (unpaired) electrons. The number of benzene rings is 1. The first kappa shape index (κ1) is 18.1. The number of nitrogens with one attached hydrogen (secondary N) is 1. The first-order valence-corrected chi connectivity index (χ1v) is 9.81. The molecule has 1 aromatic heterocycles. The average Bonchev–Trinajstić information content (AvgIpc) is 3.05. The van der Waals surface area contributed by atoms with E-state index in [-0.39, 0.29) is 10.9 Å². The second kappa shape index (κ2) is 7.65. The van der Waals surface area contributed by atoms with Crippen molar-refractivity contribution in [2.24, 2.45) is 7.05 Å². The lowest BCUT2D eigenvalue weighted by Gasteiger charge is -2.34. The van der Waals surface area contributed by atoms with Crippen LogP contribution in [0.25, 0.3) is 0 Å². The van der Waals surface area contributed by atoms with Gasteiger partial charge in [-0.05, 0) is 12.5 Å². The molecule has 25 heavy (non-hydrogen) atoms. The van der Waals surface area contributed by atoms with Gasteiger partial charge in [-0.3, -0.25) is 9.58 Å². The van der Waals surface area contributed by atoms with Crippen molar-refractivity contribution < 1.29 is 13.2 Å². The minimum Gasteiger partial charge on any atom is -0.379 e. The summed E-state index contributed by atoms with van der Waals surface area (Å²) >= 11 is 0. The van der Waals surface area contributed by atoms with Gasteiger partial charge in [0.05, 0.1) is 19.4 Å². The Morgan fingerprint density at radius 1 is 1.24 bits per heavy atom. The zero-order valence-corrected chi connectivity index (χ0v) is 15.4. The number of hydrogen-bond donors (Lipinski definition) is 1. The number of aryl methyl sites for hydroxylation is 2. The molecule has 1 aliphatic heterocycles. The molecule has 0 amide bonds. The Bertz CT molecular complexity index is 796. The van der Waals surface area contributed by atoms with E-state index in [4.69, 9.17) is 4.74 Å². The molecule has 8 heteroatoms. The van der Waals surface area contributed by atoms with E-state index in [9.17, 15) is 8.42 Å². The van der Waals surface area contributed by atoms with Gasteiger partial charge in [-0.2, -0.15) is 5.10 Å². The van der Waals surface area contributed by atoms with E-state index in [1.807, 2.05) is 6.92 Å². The summed E-state index contributed by atoms with van der Waals surface area (Å²) in [6, 6.07) is 8.20. The predicted molar refractivity (Wildman–Crippen MR) is 94.7 cm³/mol. The zero-order valence-electron chi connectivity index (χ0n) is 14.6. The molecule has 0 aliphatic carbocycles.